The summed E-state index contributed by atoms with van der Waals surface area (Å²) in [6.45, 7) is 3.90. The maximum atomic E-state index is 12.6. The Labute approximate surface area is 145 Å². The predicted molar refractivity (Wildman–Crippen MR) is 97.6 cm³/mol. The van der Waals surface area contributed by atoms with Gasteiger partial charge in [-0.25, -0.2) is 0 Å². The summed E-state index contributed by atoms with van der Waals surface area (Å²) in [4.78, 5) is 26.2. The van der Waals surface area contributed by atoms with E-state index in [2.05, 4.69) is 15.5 Å². The molecule has 6 nitrogen and oxygen atoms in total. The van der Waals surface area contributed by atoms with Crippen LogP contribution in [-0.4, -0.2) is 40.5 Å². The Hall–Kier alpha value is -3.15. The molecule has 2 amide bonds. The van der Waals surface area contributed by atoms with Gasteiger partial charge >= 0.3 is 0 Å². The first-order valence-corrected chi connectivity index (χ1v) is 8.02. The van der Waals surface area contributed by atoms with Crippen molar-refractivity contribution in [1.82, 2.24) is 15.1 Å². The molecule has 0 fully saturated rings. The molecule has 25 heavy (non-hydrogen) atoms. The highest BCUT2D eigenvalue weighted by atomic mass is 16.2. The summed E-state index contributed by atoms with van der Waals surface area (Å²) in [5, 5.41) is 10.5. The number of H-pyrrole nitrogens is 1. The Morgan fingerprint density at radius 2 is 1.88 bits per heavy atom. The Bertz CT molecular complexity index is 946. The van der Waals surface area contributed by atoms with Crippen molar-refractivity contribution in [3.8, 4) is 0 Å². The van der Waals surface area contributed by atoms with Gasteiger partial charge in [0.15, 0.2) is 5.69 Å². The molecule has 0 saturated heterocycles. The lowest BCUT2D eigenvalue weighted by atomic mass is 10.1. The Balaban J connectivity index is 1.71. The summed E-state index contributed by atoms with van der Waals surface area (Å²) in [7, 11) is 1.59. The number of likely N-dealkylation sites (N-methyl/N-ethyl adjacent to an activating group) is 1. The number of nitrogens with zero attached hydrogens (tertiary/aromatic N) is 2. The molecule has 0 aliphatic rings. The molecule has 0 unspecified atom stereocenters. The molecule has 2 N–H and O–H groups in total. The molecule has 6 heteroatoms. The first-order valence-electron chi connectivity index (χ1n) is 8.02. The van der Waals surface area contributed by atoms with Crippen molar-refractivity contribution in [3.05, 3.63) is 59.3 Å². The fourth-order valence-corrected chi connectivity index (χ4v) is 2.67. The number of aromatic amines is 1. The van der Waals surface area contributed by atoms with Crippen LogP contribution in [0.1, 0.15) is 21.6 Å². The molecule has 0 atom stereocenters. The topological polar surface area (TPSA) is 78.1 Å². The van der Waals surface area contributed by atoms with Gasteiger partial charge in [-0.05, 0) is 37.1 Å². The van der Waals surface area contributed by atoms with Crippen LogP contribution in [0.25, 0.3) is 10.9 Å². The highest BCUT2D eigenvalue weighted by molar-refractivity contribution is 6.06. The van der Waals surface area contributed by atoms with E-state index in [9.17, 15) is 9.59 Å². The van der Waals surface area contributed by atoms with Gasteiger partial charge in [0.05, 0.1) is 12.1 Å². The zero-order valence-electron chi connectivity index (χ0n) is 14.5. The summed E-state index contributed by atoms with van der Waals surface area (Å²) in [6.07, 6.45) is 0. The van der Waals surface area contributed by atoms with Gasteiger partial charge < -0.3 is 10.2 Å². The van der Waals surface area contributed by atoms with Crippen molar-refractivity contribution in [2.45, 2.75) is 13.8 Å². The highest BCUT2D eigenvalue weighted by Crippen LogP contribution is 2.18. The van der Waals surface area contributed by atoms with E-state index in [4.69, 9.17) is 0 Å². The molecule has 1 aromatic heterocycles. The van der Waals surface area contributed by atoms with Crippen LogP contribution in [0.15, 0.2) is 42.5 Å². The third-order valence-corrected chi connectivity index (χ3v) is 4.28. The van der Waals surface area contributed by atoms with Crippen molar-refractivity contribution < 1.29 is 9.59 Å². The summed E-state index contributed by atoms with van der Waals surface area (Å²) >= 11 is 0. The molecule has 128 valence electrons. The van der Waals surface area contributed by atoms with Gasteiger partial charge in [-0.3, -0.25) is 14.7 Å². The van der Waals surface area contributed by atoms with Crippen LogP contribution < -0.4 is 5.32 Å². The number of nitrogens with one attached hydrogen (secondary N) is 2. The monoisotopic (exact) mass is 336 g/mol. The number of benzene rings is 2. The van der Waals surface area contributed by atoms with E-state index in [1.54, 1.807) is 7.05 Å². The van der Waals surface area contributed by atoms with Gasteiger partial charge in [-0.1, -0.05) is 30.3 Å². The number of amides is 2. The fraction of sp³-hybridized carbons (Fsp3) is 0.211. The zero-order chi connectivity index (χ0) is 18.0. The van der Waals surface area contributed by atoms with Gasteiger partial charge in [-0.15, -0.1) is 0 Å². The number of hydrogen-bond acceptors (Lipinski definition) is 3. The van der Waals surface area contributed by atoms with E-state index in [1.807, 2.05) is 56.3 Å². The molecule has 0 aliphatic heterocycles. The summed E-state index contributed by atoms with van der Waals surface area (Å²) in [5.74, 6) is -0.544. The van der Waals surface area contributed by atoms with E-state index >= 15 is 0 Å². The van der Waals surface area contributed by atoms with Gasteiger partial charge in [0.1, 0.15) is 0 Å². The molecule has 1 heterocycles. The zero-order valence-corrected chi connectivity index (χ0v) is 14.5. The van der Waals surface area contributed by atoms with Crippen LogP contribution in [0, 0.1) is 13.8 Å². The SMILES string of the molecule is Cc1cccc(NC(=O)CN(C)C(=O)c2n[nH]c3ccccc23)c1C. The lowest BCUT2D eigenvalue weighted by Gasteiger charge is -2.17. The van der Waals surface area contributed by atoms with Gasteiger partial charge in [0.25, 0.3) is 5.91 Å². The van der Waals surface area contributed by atoms with Gasteiger partial charge in [0, 0.05) is 18.1 Å². The second-order valence-electron chi connectivity index (χ2n) is 6.07. The fourth-order valence-electron chi connectivity index (χ4n) is 2.67. The number of rotatable bonds is 4. The number of para-hydroxylation sites is 1. The van der Waals surface area contributed by atoms with Crippen molar-refractivity contribution in [1.29, 1.82) is 0 Å². The molecule has 0 saturated carbocycles. The smallest absolute Gasteiger partial charge is 0.275 e. The molecule has 0 bridgehead atoms. The average molecular weight is 336 g/mol. The predicted octanol–water partition coefficient (Wildman–Crippen LogP) is 2.89. The number of aryl methyl sites for hydroxylation is 1. The Kier molecular flexibility index (Phi) is 4.52. The average Bonchev–Trinajstić information content (AvgIpc) is 3.02. The third-order valence-electron chi connectivity index (χ3n) is 4.28. The number of carbonyl (C=O) groups excluding carboxylic acids is 2. The van der Waals surface area contributed by atoms with Crippen molar-refractivity contribution >= 4 is 28.4 Å². The maximum absolute atomic E-state index is 12.6. The second-order valence-corrected chi connectivity index (χ2v) is 6.07. The minimum atomic E-state index is -0.298. The molecule has 3 rings (SSSR count). The minimum Gasteiger partial charge on any atom is -0.331 e. The van der Waals surface area contributed by atoms with Crippen LogP contribution in [0.2, 0.25) is 0 Å². The summed E-state index contributed by atoms with van der Waals surface area (Å²) in [6, 6.07) is 13.1. The Morgan fingerprint density at radius 3 is 2.68 bits per heavy atom. The van der Waals surface area contributed by atoms with Crippen molar-refractivity contribution in [3.63, 3.8) is 0 Å². The van der Waals surface area contributed by atoms with Crippen LogP contribution in [-0.2, 0) is 4.79 Å². The van der Waals surface area contributed by atoms with Crippen LogP contribution >= 0.6 is 0 Å². The standard InChI is InChI=1S/C19H20N4O2/c1-12-7-6-10-15(13(12)2)20-17(24)11-23(3)19(25)18-14-8-4-5-9-16(14)21-22-18/h4-10H,11H2,1-3H3,(H,20,24)(H,21,22). The lowest BCUT2D eigenvalue weighted by Crippen LogP contribution is -2.35. The number of aromatic nitrogens is 2. The van der Waals surface area contributed by atoms with Crippen molar-refractivity contribution in [2.24, 2.45) is 0 Å². The van der Waals surface area contributed by atoms with Crippen LogP contribution in [0.5, 0.6) is 0 Å². The summed E-state index contributed by atoms with van der Waals surface area (Å²) < 4.78 is 0. The maximum Gasteiger partial charge on any atom is 0.275 e. The number of fused-ring (bicyclic) bond motifs is 1. The van der Waals surface area contributed by atoms with Crippen molar-refractivity contribution in [2.75, 3.05) is 18.9 Å². The quantitative estimate of drug-likeness (QED) is 0.769. The summed E-state index contributed by atoms with van der Waals surface area (Å²) in [5.41, 5.74) is 3.99. The third kappa shape index (κ3) is 3.38. The molecule has 0 spiro atoms. The minimum absolute atomic E-state index is 0.0482. The number of anilines is 1. The molecule has 0 aliphatic carbocycles. The first kappa shape index (κ1) is 16.7. The van der Waals surface area contributed by atoms with E-state index in [0.717, 1.165) is 27.7 Å². The van der Waals surface area contributed by atoms with Crippen LogP contribution in [0.3, 0.4) is 0 Å². The van der Waals surface area contributed by atoms with E-state index in [1.165, 1.54) is 4.90 Å². The van der Waals surface area contributed by atoms with E-state index < -0.39 is 0 Å². The highest BCUT2D eigenvalue weighted by Gasteiger charge is 2.20. The molecule has 0 radical (unpaired) electrons. The largest absolute Gasteiger partial charge is 0.331 e. The molecule has 2 aromatic carbocycles. The number of hydrogen-bond donors (Lipinski definition) is 2. The second kappa shape index (κ2) is 6.76. The Morgan fingerprint density at radius 1 is 1.12 bits per heavy atom. The van der Waals surface area contributed by atoms with E-state index in [-0.39, 0.29) is 18.4 Å². The lowest BCUT2D eigenvalue weighted by molar-refractivity contribution is -0.116. The molecular weight excluding hydrogens is 316 g/mol. The first-order chi connectivity index (χ1) is 12.0. The molecule has 3 aromatic rings. The molecular formula is C19H20N4O2. The van der Waals surface area contributed by atoms with Crippen LogP contribution in [0.4, 0.5) is 5.69 Å². The normalized spacial score (nSPS) is 10.7. The van der Waals surface area contributed by atoms with Gasteiger partial charge in [0.2, 0.25) is 5.91 Å². The van der Waals surface area contributed by atoms with Gasteiger partial charge in [-0.2, -0.15) is 5.10 Å². The van der Waals surface area contributed by atoms with E-state index in [0.29, 0.717) is 5.69 Å². The number of carbonyl (C=O) groups is 2.